The Morgan fingerprint density at radius 2 is 1.60 bits per heavy atom. The Labute approximate surface area is 41.1 Å². The molecule has 0 unspecified atom stereocenters. The Morgan fingerprint density at radius 1 is 1.60 bits per heavy atom. The van der Waals surface area contributed by atoms with E-state index in [4.69, 9.17) is 5.11 Å². The quantitative estimate of drug-likeness (QED) is 0.449. The molecule has 0 fully saturated rings. The van der Waals surface area contributed by atoms with Crippen molar-refractivity contribution in [3.8, 4) is 0 Å². The van der Waals surface area contributed by atoms with E-state index in [2.05, 4.69) is 0 Å². The summed E-state index contributed by atoms with van der Waals surface area (Å²) in [5.74, 6) is 0. The molecule has 1 N–H and O–H groups in total. The van der Waals surface area contributed by atoms with Crippen LogP contribution in [0, 0.1) is 0 Å². The molecule has 1 nitrogen and oxygen atoms in total. The lowest BCUT2D eigenvalue weighted by Crippen LogP contribution is -1.98. The van der Waals surface area contributed by atoms with Crippen molar-refractivity contribution in [2.75, 3.05) is 0 Å². The van der Waals surface area contributed by atoms with Crippen LogP contribution in [0.15, 0.2) is 0 Å². The van der Waals surface area contributed by atoms with Crippen molar-refractivity contribution in [1.29, 1.82) is 0 Å². The molecule has 0 aliphatic rings. The van der Waals surface area contributed by atoms with Gasteiger partial charge in [0, 0.05) is 22.6 Å². The van der Waals surface area contributed by atoms with Crippen LogP contribution in [0.1, 0.15) is 0 Å². The summed E-state index contributed by atoms with van der Waals surface area (Å²) in [6.07, 6.45) is 0. The van der Waals surface area contributed by atoms with Gasteiger partial charge in [-0.2, -0.15) is 8.78 Å². The highest BCUT2D eigenvalue weighted by Gasteiger charge is 2.15. The molecule has 0 spiro atoms. The van der Waals surface area contributed by atoms with Gasteiger partial charge in [-0.1, -0.05) is 0 Å². The zero-order valence-corrected chi connectivity index (χ0v) is 4.24. The first-order valence-corrected chi connectivity index (χ1v) is 1.87. The number of rotatable bonds is 0. The van der Waals surface area contributed by atoms with E-state index < -0.39 is 4.12 Å². The zero-order chi connectivity index (χ0) is 4.50. The molecule has 0 heterocycles. The first kappa shape index (κ1) is 5.55. The number of alkyl halides is 3. The third-order valence-electron chi connectivity index (χ3n) is 0. The summed E-state index contributed by atoms with van der Waals surface area (Å²) in [4.78, 5) is 0. The normalized spacial score (nSPS) is 12.0. The average Bonchev–Trinajstić information content (AvgIpc) is 0.722. The highest BCUT2D eigenvalue weighted by Crippen LogP contribution is 2.15. The van der Waals surface area contributed by atoms with Crippen LogP contribution in [0.3, 0.4) is 0 Å². The van der Waals surface area contributed by atoms with Crippen LogP contribution < -0.4 is 0 Å². The van der Waals surface area contributed by atoms with Crippen molar-refractivity contribution in [1.82, 2.24) is 0 Å². The molecule has 0 amide bonds. The lowest BCUT2D eigenvalue weighted by Gasteiger charge is -1.90. The van der Waals surface area contributed by atoms with Crippen LogP contribution in [0.2, 0.25) is 0 Å². The predicted octanol–water partition coefficient (Wildman–Crippen LogP) is 0.964. The number of hydrogen-bond acceptors (Lipinski definition) is 1. The minimum absolute atomic E-state index is 0.600. The van der Waals surface area contributed by atoms with Gasteiger partial charge in [-0.15, -0.1) is 0 Å². The molecule has 0 aromatic rings. The van der Waals surface area contributed by atoms with Crippen molar-refractivity contribution in [2.24, 2.45) is 0 Å². The Balaban J connectivity index is 3.02. The summed E-state index contributed by atoms with van der Waals surface area (Å²) >= 11 is 0.600. The molecule has 0 radical (unpaired) electrons. The van der Waals surface area contributed by atoms with Gasteiger partial charge in [-0.25, -0.2) is 0 Å². The Hall–Kier alpha value is 0.550. The van der Waals surface area contributed by atoms with Gasteiger partial charge >= 0.3 is 4.12 Å². The zero-order valence-electron chi connectivity index (χ0n) is 2.08. The summed E-state index contributed by atoms with van der Waals surface area (Å²) < 4.78 is 17.6. The van der Waals surface area contributed by atoms with Gasteiger partial charge < -0.3 is 5.11 Å². The maximum absolute atomic E-state index is 10.6. The third-order valence-corrected chi connectivity index (χ3v) is 0. The Bertz CT molecular complexity index is 25.1. The molecular weight excluding hydrogens is 193 g/mol. The lowest BCUT2D eigenvalue weighted by atomic mass is 11.5. The minimum Gasteiger partial charge on any atom is -0.328 e. The van der Waals surface area contributed by atoms with Crippen LogP contribution in [-0.4, -0.2) is 9.22 Å². The highest BCUT2D eigenvalue weighted by molar-refractivity contribution is 14.1. The molecule has 0 saturated carbocycles. The smallest absolute Gasteiger partial charge is 0.328 e. The van der Waals surface area contributed by atoms with E-state index in [1.54, 1.807) is 0 Å². The molecule has 5 heavy (non-hydrogen) atoms. The largest absolute Gasteiger partial charge is 0.405 e. The van der Waals surface area contributed by atoms with Crippen LogP contribution in [0.4, 0.5) is 8.78 Å². The average molecular weight is 194 g/mol. The van der Waals surface area contributed by atoms with Crippen LogP contribution >= 0.6 is 22.6 Å². The fraction of sp³-hybridized carbons (Fsp3) is 1.00. The molecule has 0 aliphatic heterocycles. The van der Waals surface area contributed by atoms with E-state index >= 15 is 0 Å². The predicted molar refractivity (Wildman–Crippen MR) is 21.2 cm³/mol. The van der Waals surface area contributed by atoms with Crippen molar-refractivity contribution in [3.63, 3.8) is 0 Å². The number of halogens is 3. The molecule has 0 aromatic heterocycles. The fourth-order valence-corrected chi connectivity index (χ4v) is 0. The molecule has 0 aliphatic carbocycles. The van der Waals surface area contributed by atoms with Gasteiger partial charge in [-0.05, 0) is 0 Å². The lowest BCUT2D eigenvalue weighted by molar-refractivity contribution is -0.0923. The van der Waals surface area contributed by atoms with Gasteiger partial charge in [0.05, 0.1) is 0 Å². The SMILES string of the molecule is OC(F)(F)I. The third kappa shape index (κ3) is 97.8. The van der Waals surface area contributed by atoms with Crippen LogP contribution in [-0.2, 0) is 0 Å². The van der Waals surface area contributed by atoms with Crippen LogP contribution in [0.5, 0.6) is 0 Å². The Morgan fingerprint density at radius 3 is 1.60 bits per heavy atom. The van der Waals surface area contributed by atoms with E-state index in [1.165, 1.54) is 0 Å². The molecule has 0 saturated heterocycles. The first-order chi connectivity index (χ1) is 2.00. The number of aliphatic hydroxyl groups is 1. The van der Waals surface area contributed by atoms with Crippen molar-refractivity contribution in [3.05, 3.63) is 0 Å². The highest BCUT2D eigenvalue weighted by atomic mass is 127. The van der Waals surface area contributed by atoms with Gasteiger partial charge in [0.1, 0.15) is 0 Å². The summed E-state index contributed by atoms with van der Waals surface area (Å²) in [6.45, 7) is 0. The first-order valence-electron chi connectivity index (χ1n) is 0.791. The molecule has 4 heteroatoms. The molecule has 0 rings (SSSR count). The molecule has 0 aromatic carbocycles. The second-order valence-corrected chi connectivity index (χ2v) is 1.77. The van der Waals surface area contributed by atoms with Crippen molar-refractivity contribution >= 4 is 22.6 Å². The van der Waals surface area contributed by atoms with Gasteiger partial charge in [0.2, 0.25) is 0 Å². The monoisotopic (exact) mass is 194 g/mol. The maximum atomic E-state index is 10.6. The fourth-order valence-electron chi connectivity index (χ4n) is 0. The number of hydrogen-bond donors (Lipinski definition) is 1. The molecule has 0 bridgehead atoms. The summed E-state index contributed by atoms with van der Waals surface area (Å²) in [5.41, 5.74) is 0. The summed E-state index contributed by atoms with van der Waals surface area (Å²) in [5, 5.41) is 7.17. The van der Waals surface area contributed by atoms with E-state index in [-0.39, 0.29) is 0 Å². The van der Waals surface area contributed by atoms with E-state index in [0.29, 0.717) is 22.6 Å². The molecule has 32 valence electrons. The molecular formula is CHF2IO. The summed E-state index contributed by atoms with van der Waals surface area (Å²) in [7, 11) is 0. The van der Waals surface area contributed by atoms with Gasteiger partial charge in [0.15, 0.2) is 0 Å². The minimum atomic E-state index is -3.53. The Kier molecular flexibility index (Phi) is 1.48. The van der Waals surface area contributed by atoms with E-state index in [0.717, 1.165) is 0 Å². The van der Waals surface area contributed by atoms with Gasteiger partial charge in [0.25, 0.3) is 0 Å². The standard InChI is InChI=1S/CHF2IO/c2-1(3,4)5/h5H. The van der Waals surface area contributed by atoms with E-state index in [1.807, 2.05) is 0 Å². The topological polar surface area (TPSA) is 20.2 Å². The van der Waals surface area contributed by atoms with Crippen molar-refractivity contribution < 1.29 is 13.9 Å². The van der Waals surface area contributed by atoms with Crippen LogP contribution in [0.25, 0.3) is 0 Å². The van der Waals surface area contributed by atoms with E-state index in [9.17, 15) is 8.78 Å². The molecule has 0 atom stereocenters. The second kappa shape index (κ2) is 1.34. The maximum Gasteiger partial charge on any atom is 0.405 e. The van der Waals surface area contributed by atoms with Gasteiger partial charge in [-0.3, -0.25) is 0 Å². The summed E-state index contributed by atoms with van der Waals surface area (Å²) in [6, 6.07) is 0. The van der Waals surface area contributed by atoms with Crippen molar-refractivity contribution in [2.45, 2.75) is 4.12 Å². The second-order valence-electron chi connectivity index (χ2n) is 0.468.